The second kappa shape index (κ2) is 5.89. The van der Waals surface area contributed by atoms with Crippen LogP contribution in [0.4, 0.5) is 0 Å². The lowest BCUT2D eigenvalue weighted by Crippen LogP contribution is -2.30. The molecule has 3 nitrogen and oxygen atoms in total. The summed E-state index contributed by atoms with van der Waals surface area (Å²) in [5, 5.41) is 2.22. The van der Waals surface area contributed by atoms with Crippen LogP contribution in [-0.2, 0) is 10.0 Å². The van der Waals surface area contributed by atoms with Crippen molar-refractivity contribution in [1.82, 2.24) is 4.72 Å². The Morgan fingerprint density at radius 2 is 1.81 bits per heavy atom. The fraction of sp³-hybridized carbons (Fsp3) is 0.286. The average Bonchev–Trinajstić information content (AvgIpc) is 3.10. The molecule has 3 rings (SSSR count). The lowest BCUT2D eigenvalue weighted by Gasteiger charge is -2.18. The zero-order valence-corrected chi connectivity index (χ0v) is 14.1. The van der Waals surface area contributed by atoms with E-state index in [2.05, 4.69) is 4.72 Å². The van der Waals surface area contributed by atoms with E-state index in [0.29, 0.717) is 5.92 Å². The van der Waals surface area contributed by atoms with Gasteiger partial charge in [0.05, 0.1) is 16.1 Å². The number of rotatable bonds is 5. The molecule has 0 radical (unpaired) electrons. The predicted molar refractivity (Wildman–Crippen MR) is 86.6 cm³/mol. The van der Waals surface area contributed by atoms with Crippen LogP contribution in [0.1, 0.15) is 23.8 Å². The highest BCUT2D eigenvalue weighted by molar-refractivity contribution is 7.89. The van der Waals surface area contributed by atoms with Gasteiger partial charge in [-0.05, 0) is 42.3 Å². The summed E-state index contributed by atoms with van der Waals surface area (Å²) >= 11 is 13.6. The molecule has 0 bridgehead atoms. The Morgan fingerprint density at radius 3 is 2.33 bits per heavy atom. The molecule has 1 aliphatic rings. The van der Waals surface area contributed by atoms with Crippen molar-refractivity contribution in [1.29, 1.82) is 0 Å². The van der Waals surface area contributed by atoms with E-state index in [1.165, 1.54) is 12.1 Å². The van der Waals surface area contributed by atoms with Gasteiger partial charge in [-0.2, -0.15) is 0 Å². The normalized spacial score (nSPS) is 16.9. The fourth-order valence-electron chi connectivity index (χ4n) is 2.25. The molecule has 7 heteroatoms. The van der Waals surface area contributed by atoms with Crippen molar-refractivity contribution < 1.29 is 8.42 Å². The van der Waals surface area contributed by atoms with E-state index in [4.69, 9.17) is 23.2 Å². The van der Waals surface area contributed by atoms with Crippen molar-refractivity contribution in [2.75, 3.05) is 0 Å². The molecule has 0 aliphatic heterocycles. The van der Waals surface area contributed by atoms with E-state index in [9.17, 15) is 8.42 Å². The van der Waals surface area contributed by atoms with Crippen LogP contribution in [-0.4, -0.2) is 8.42 Å². The van der Waals surface area contributed by atoms with Crippen molar-refractivity contribution in [2.24, 2.45) is 5.92 Å². The van der Waals surface area contributed by atoms with Gasteiger partial charge in [0.15, 0.2) is 0 Å². The monoisotopic (exact) mass is 361 g/mol. The third-order valence-corrected chi connectivity index (χ3v) is 6.76. The molecule has 2 aromatic rings. The second-order valence-electron chi connectivity index (χ2n) is 5.00. The number of nitrogens with one attached hydrogen (secondary N) is 1. The van der Waals surface area contributed by atoms with Gasteiger partial charge in [0.1, 0.15) is 4.90 Å². The third-order valence-electron chi connectivity index (χ3n) is 3.41. The molecule has 1 aromatic carbocycles. The standard InChI is InChI=1S/C14H13Cl2NO2S2/c15-10-3-1-4-11(16)14(10)21(18,19)17-13(9-6-7-9)12-5-2-8-20-12/h1-5,8-9,13,17H,6-7H2. The molecular formula is C14H13Cl2NO2S2. The molecule has 1 aliphatic carbocycles. The zero-order chi connectivity index (χ0) is 15.0. The first-order valence-electron chi connectivity index (χ1n) is 6.49. The minimum absolute atomic E-state index is 0.0458. The summed E-state index contributed by atoms with van der Waals surface area (Å²) < 4.78 is 28.0. The number of benzene rings is 1. The van der Waals surface area contributed by atoms with Crippen LogP contribution < -0.4 is 4.72 Å². The van der Waals surface area contributed by atoms with Gasteiger partial charge in [0.2, 0.25) is 10.0 Å². The van der Waals surface area contributed by atoms with Gasteiger partial charge in [0, 0.05) is 4.88 Å². The number of hydrogen-bond donors (Lipinski definition) is 1. The van der Waals surface area contributed by atoms with Gasteiger partial charge < -0.3 is 0 Å². The van der Waals surface area contributed by atoms with Gasteiger partial charge in [-0.3, -0.25) is 0 Å². The molecule has 0 spiro atoms. The highest BCUT2D eigenvalue weighted by atomic mass is 35.5. The van der Waals surface area contributed by atoms with Gasteiger partial charge in [-0.25, -0.2) is 13.1 Å². The topological polar surface area (TPSA) is 46.2 Å². The largest absolute Gasteiger partial charge is 0.244 e. The highest BCUT2D eigenvalue weighted by Gasteiger charge is 2.37. The molecule has 1 fully saturated rings. The maximum atomic E-state index is 12.6. The molecule has 1 atom stereocenters. The fourth-order valence-corrected chi connectivity index (χ4v) is 5.62. The third kappa shape index (κ3) is 3.27. The maximum absolute atomic E-state index is 12.6. The summed E-state index contributed by atoms with van der Waals surface area (Å²) in [5.74, 6) is 0.347. The van der Waals surface area contributed by atoms with E-state index in [-0.39, 0.29) is 21.0 Å². The van der Waals surface area contributed by atoms with Crippen molar-refractivity contribution in [3.05, 3.63) is 50.6 Å². The lowest BCUT2D eigenvalue weighted by atomic mass is 10.2. The van der Waals surface area contributed by atoms with Crippen LogP contribution in [0, 0.1) is 5.92 Å². The minimum atomic E-state index is -3.76. The van der Waals surface area contributed by atoms with Crippen LogP contribution in [0.25, 0.3) is 0 Å². The first-order valence-corrected chi connectivity index (χ1v) is 9.60. The molecule has 1 unspecified atom stereocenters. The van der Waals surface area contributed by atoms with E-state index in [1.807, 2.05) is 17.5 Å². The summed E-state index contributed by atoms with van der Waals surface area (Å²) in [7, 11) is -3.76. The lowest BCUT2D eigenvalue weighted by molar-refractivity contribution is 0.534. The second-order valence-corrected chi connectivity index (χ2v) is 8.45. The SMILES string of the molecule is O=S(=O)(NC(c1cccs1)C1CC1)c1c(Cl)cccc1Cl. The summed E-state index contributed by atoms with van der Waals surface area (Å²) in [6.07, 6.45) is 2.06. The summed E-state index contributed by atoms with van der Waals surface area (Å²) in [6, 6.07) is 8.35. The quantitative estimate of drug-likeness (QED) is 0.852. The number of halogens is 2. The molecule has 0 saturated heterocycles. The summed E-state index contributed by atoms with van der Waals surface area (Å²) in [6.45, 7) is 0. The van der Waals surface area contributed by atoms with Gasteiger partial charge in [-0.15, -0.1) is 11.3 Å². The first kappa shape index (κ1) is 15.3. The molecule has 112 valence electrons. The van der Waals surface area contributed by atoms with Crippen molar-refractivity contribution in [3.8, 4) is 0 Å². The molecule has 1 saturated carbocycles. The van der Waals surface area contributed by atoms with E-state index in [1.54, 1.807) is 17.4 Å². The average molecular weight is 362 g/mol. The van der Waals surface area contributed by atoms with Gasteiger partial charge in [0.25, 0.3) is 0 Å². The highest BCUT2D eigenvalue weighted by Crippen LogP contribution is 2.43. The van der Waals surface area contributed by atoms with Gasteiger partial charge in [-0.1, -0.05) is 35.3 Å². The minimum Gasteiger partial charge on any atom is -0.207 e. The number of thiophene rings is 1. The molecule has 1 aromatic heterocycles. The molecule has 1 heterocycles. The Morgan fingerprint density at radius 1 is 1.14 bits per heavy atom. The van der Waals surface area contributed by atoms with Crippen molar-refractivity contribution in [2.45, 2.75) is 23.8 Å². The predicted octanol–water partition coefficient (Wildman–Crippen LogP) is 4.48. The van der Waals surface area contributed by atoms with Crippen LogP contribution in [0.3, 0.4) is 0 Å². The van der Waals surface area contributed by atoms with Crippen molar-refractivity contribution in [3.63, 3.8) is 0 Å². The van der Waals surface area contributed by atoms with Gasteiger partial charge >= 0.3 is 0 Å². The summed E-state index contributed by atoms with van der Waals surface area (Å²) in [5.41, 5.74) is 0. The first-order chi connectivity index (χ1) is 9.99. The number of sulfonamides is 1. The van der Waals surface area contributed by atoms with E-state index >= 15 is 0 Å². The van der Waals surface area contributed by atoms with Crippen molar-refractivity contribution >= 4 is 44.6 Å². The van der Waals surface area contributed by atoms with Crippen LogP contribution in [0.15, 0.2) is 40.6 Å². The van der Waals surface area contributed by atoms with Crippen LogP contribution in [0.5, 0.6) is 0 Å². The smallest absolute Gasteiger partial charge is 0.207 e. The Labute approximate surface area is 137 Å². The molecular weight excluding hydrogens is 349 g/mol. The Bertz CT molecular complexity index is 720. The summed E-state index contributed by atoms with van der Waals surface area (Å²) in [4.78, 5) is 0.972. The Kier molecular flexibility index (Phi) is 4.30. The van der Waals surface area contributed by atoms with E-state index < -0.39 is 10.0 Å². The van der Waals surface area contributed by atoms with Crippen LogP contribution in [0.2, 0.25) is 10.0 Å². The molecule has 0 amide bonds. The Balaban J connectivity index is 1.95. The van der Waals surface area contributed by atoms with Crippen LogP contribution >= 0.6 is 34.5 Å². The van der Waals surface area contributed by atoms with E-state index in [0.717, 1.165) is 17.7 Å². The number of hydrogen-bond acceptors (Lipinski definition) is 3. The zero-order valence-electron chi connectivity index (χ0n) is 10.9. The molecule has 1 N–H and O–H groups in total. The molecule has 21 heavy (non-hydrogen) atoms. The maximum Gasteiger partial charge on any atom is 0.244 e. The Hall–Kier alpha value is -0.590.